The number of primary sulfonamides is 1. The molecule has 1 amide bonds. The second kappa shape index (κ2) is 4.25. The van der Waals surface area contributed by atoms with Crippen LogP contribution in [0.2, 0.25) is 0 Å². The van der Waals surface area contributed by atoms with Crippen LogP contribution in [0.15, 0.2) is 0 Å². The summed E-state index contributed by atoms with van der Waals surface area (Å²) in [6.07, 6.45) is -0.136. The number of hydrogen-bond donors (Lipinski definition) is 1. The molecule has 1 unspecified atom stereocenters. The third-order valence-electron chi connectivity index (χ3n) is 2.64. The molecule has 2 heterocycles. The number of anilines is 1. The summed E-state index contributed by atoms with van der Waals surface area (Å²) < 4.78 is 22.5. The zero-order valence-corrected chi connectivity index (χ0v) is 10.8. The number of nitrogens with zero attached hydrogens (tertiary/aromatic N) is 4. The van der Waals surface area contributed by atoms with Crippen LogP contribution < -0.4 is 10.0 Å². The minimum atomic E-state index is -3.73. The van der Waals surface area contributed by atoms with E-state index in [4.69, 9.17) is 5.14 Å². The lowest BCUT2D eigenvalue weighted by atomic mass is 10.4. The van der Waals surface area contributed by atoms with E-state index in [1.54, 1.807) is 13.8 Å². The molecule has 98 valence electrons. The highest BCUT2D eigenvalue weighted by Crippen LogP contribution is 2.21. The van der Waals surface area contributed by atoms with Crippen molar-refractivity contribution >= 4 is 21.9 Å². The van der Waals surface area contributed by atoms with Gasteiger partial charge in [-0.05, 0) is 13.8 Å². The predicted octanol–water partition coefficient (Wildman–Crippen LogP) is -1.12. The summed E-state index contributed by atoms with van der Waals surface area (Å²) in [5, 5.41) is 4.14. The van der Waals surface area contributed by atoms with E-state index in [0.29, 0.717) is 11.6 Å². The Balaban J connectivity index is 2.32. The predicted molar refractivity (Wildman–Crippen MR) is 63.2 cm³/mol. The van der Waals surface area contributed by atoms with Gasteiger partial charge in [-0.3, -0.25) is 9.69 Å². The van der Waals surface area contributed by atoms with E-state index in [0.717, 1.165) is 0 Å². The topological polar surface area (TPSA) is 119 Å². The first-order chi connectivity index (χ1) is 8.27. The third kappa shape index (κ3) is 2.46. The highest BCUT2D eigenvalue weighted by molar-refractivity contribution is 7.89. The molecule has 0 spiro atoms. The molecule has 0 saturated carbocycles. The SMILES string of the molecule is Cc1nc(C)nc(N2CC(S(N)(=O)=O)CC2=O)n1. The van der Waals surface area contributed by atoms with Crippen molar-refractivity contribution in [1.29, 1.82) is 0 Å². The lowest BCUT2D eigenvalue weighted by Crippen LogP contribution is -2.33. The second-order valence-electron chi connectivity index (χ2n) is 4.15. The van der Waals surface area contributed by atoms with Gasteiger partial charge in [0.05, 0.1) is 0 Å². The molecule has 0 aliphatic carbocycles. The monoisotopic (exact) mass is 271 g/mol. The Hall–Kier alpha value is -1.61. The van der Waals surface area contributed by atoms with Gasteiger partial charge < -0.3 is 0 Å². The molecule has 1 saturated heterocycles. The summed E-state index contributed by atoms with van der Waals surface area (Å²) >= 11 is 0. The van der Waals surface area contributed by atoms with E-state index >= 15 is 0 Å². The summed E-state index contributed by atoms with van der Waals surface area (Å²) in [4.78, 5) is 25.0. The molecule has 1 atom stereocenters. The fraction of sp³-hybridized carbons (Fsp3) is 0.556. The van der Waals surface area contributed by atoms with Gasteiger partial charge in [-0.1, -0.05) is 0 Å². The van der Waals surface area contributed by atoms with Crippen LogP contribution in [0.1, 0.15) is 18.1 Å². The number of aromatic nitrogens is 3. The maximum absolute atomic E-state index is 11.8. The highest BCUT2D eigenvalue weighted by Gasteiger charge is 2.38. The second-order valence-corrected chi connectivity index (χ2v) is 5.99. The van der Waals surface area contributed by atoms with Gasteiger partial charge in [0.1, 0.15) is 16.9 Å². The van der Waals surface area contributed by atoms with Crippen LogP contribution in [0.3, 0.4) is 0 Å². The van der Waals surface area contributed by atoms with Gasteiger partial charge in [0.15, 0.2) is 0 Å². The first-order valence-electron chi connectivity index (χ1n) is 5.28. The lowest BCUT2D eigenvalue weighted by molar-refractivity contribution is -0.117. The average Bonchev–Trinajstić information content (AvgIpc) is 2.58. The van der Waals surface area contributed by atoms with Gasteiger partial charge in [-0.15, -0.1) is 0 Å². The summed E-state index contributed by atoms with van der Waals surface area (Å²) in [5.41, 5.74) is 0. The molecule has 0 aromatic carbocycles. The van der Waals surface area contributed by atoms with Crippen LogP contribution in [0.5, 0.6) is 0 Å². The maximum Gasteiger partial charge on any atom is 0.235 e. The Morgan fingerprint density at radius 2 is 1.78 bits per heavy atom. The van der Waals surface area contributed by atoms with Crippen molar-refractivity contribution in [3.8, 4) is 0 Å². The first kappa shape index (κ1) is 12.8. The minimum Gasteiger partial charge on any atom is -0.279 e. The summed E-state index contributed by atoms with van der Waals surface area (Å²) in [7, 11) is -3.73. The van der Waals surface area contributed by atoms with E-state index in [9.17, 15) is 13.2 Å². The van der Waals surface area contributed by atoms with E-state index in [-0.39, 0.29) is 24.8 Å². The van der Waals surface area contributed by atoms with Gasteiger partial charge in [0.25, 0.3) is 0 Å². The van der Waals surface area contributed by atoms with E-state index in [2.05, 4.69) is 15.0 Å². The molecule has 1 aromatic heterocycles. The normalized spacial score (nSPS) is 20.5. The van der Waals surface area contributed by atoms with Crippen molar-refractivity contribution in [3.63, 3.8) is 0 Å². The quantitative estimate of drug-likeness (QED) is 0.727. The molecular formula is C9H13N5O3S. The molecule has 1 fully saturated rings. The highest BCUT2D eigenvalue weighted by atomic mass is 32.2. The maximum atomic E-state index is 11.8. The van der Waals surface area contributed by atoms with Crippen molar-refractivity contribution in [1.82, 2.24) is 15.0 Å². The first-order valence-corrected chi connectivity index (χ1v) is 6.89. The van der Waals surface area contributed by atoms with Crippen molar-refractivity contribution in [3.05, 3.63) is 11.6 Å². The standard InChI is InChI=1S/C9H13N5O3S/c1-5-11-6(2)13-9(12-5)14-4-7(3-8(14)15)18(10,16)17/h7H,3-4H2,1-2H3,(H2,10,16,17). The van der Waals surface area contributed by atoms with Crippen molar-refractivity contribution < 1.29 is 13.2 Å². The Labute approximate surface area is 104 Å². The number of carbonyl (C=O) groups is 1. The van der Waals surface area contributed by atoms with E-state index in [1.807, 2.05) is 0 Å². The zero-order chi connectivity index (χ0) is 13.5. The van der Waals surface area contributed by atoms with Gasteiger partial charge >= 0.3 is 0 Å². The number of carbonyl (C=O) groups excluding carboxylic acids is 1. The van der Waals surface area contributed by atoms with E-state index in [1.165, 1.54) is 4.90 Å². The molecule has 1 aliphatic rings. The number of amides is 1. The smallest absolute Gasteiger partial charge is 0.235 e. The molecular weight excluding hydrogens is 258 g/mol. The van der Waals surface area contributed by atoms with Crippen molar-refractivity contribution in [2.45, 2.75) is 25.5 Å². The van der Waals surface area contributed by atoms with Crippen LogP contribution in [0.4, 0.5) is 5.95 Å². The molecule has 18 heavy (non-hydrogen) atoms. The number of rotatable bonds is 2. The molecule has 1 aliphatic heterocycles. The summed E-state index contributed by atoms with van der Waals surface area (Å²) in [5.74, 6) is 0.781. The molecule has 2 rings (SSSR count). The average molecular weight is 271 g/mol. The Morgan fingerprint density at radius 3 is 2.22 bits per heavy atom. The Kier molecular flexibility index (Phi) is 3.03. The van der Waals surface area contributed by atoms with Crippen molar-refractivity contribution in [2.75, 3.05) is 11.4 Å². The molecule has 2 N–H and O–H groups in total. The summed E-state index contributed by atoms with van der Waals surface area (Å²) in [6, 6.07) is 0. The summed E-state index contributed by atoms with van der Waals surface area (Å²) in [6.45, 7) is 3.34. The van der Waals surface area contributed by atoms with Gasteiger partial charge in [0.2, 0.25) is 21.9 Å². The Bertz CT molecular complexity index is 580. The number of aryl methyl sites for hydroxylation is 2. The van der Waals surface area contributed by atoms with E-state index < -0.39 is 15.3 Å². The fourth-order valence-electron chi connectivity index (χ4n) is 1.81. The molecule has 0 radical (unpaired) electrons. The van der Waals surface area contributed by atoms with Crippen LogP contribution in [0.25, 0.3) is 0 Å². The number of hydrogen-bond acceptors (Lipinski definition) is 6. The van der Waals surface area contributed by atoms with Crippen LogP contribution in [0, 0.1) is 13.8 Å². The molecule has 0 bridgehead atoms. The number of sulfonamides is 1. The molecule has 9 heteroatoms. The molecule has 1 aromatic rings. The van der Waals surface area contributed by atoms with Gasteiger partial charge in [-0.2, -0.15) is 9.97 Å². The fourth-order valence-corrected chi connectivity index (χ4v) is 2.54. The van der Waals surface area contributed by atoms with Crippen LogP contribution >= 0.6 is 0 Å². The zero-order valence-electron chi connectivity index (χ0n) is 9.99. The van der Waals surface area contributed by atoms with Gasteiger partial charge in [0, 0.05) is 13.0 Å². The number of nitrogens with two attached hydrogens (primary N) is 1. The van der Waals surface area contributed by atoms with Crippen LogP contribution in [-0.4, -0.2) is 41.1 Å². The third-order valence-corrected chi connectivity index (χ3v) is 3.89. The largest absolute Gasteiger partial charge is 0.279 e. The van der Waals surface area contributed by atoms with Crippen molar-refractivity contribution in [2.24, 2.45) is 5.14 Å². The van der Waals surface area contributed by atoms with Gasteiger partial charge in [-0.25, -0.2) is 18.5 Å². The molecule has 8 nitrogen and oxygen atoms in total. The minimum absolute atomic E-state index is 0.0133. The lowest BCUT2D eigenvalue weighted by Gasteiger charge is -2.14. The Morgan fingerprint density at radius 1 is 1.22 bits per heavy atom. The van der Waals surface area contributed by atoms with Crippen LogP contribution in [-0.2, 0) is 14.8 Å².